The zero-order valence-electron chi connectivity index (χ0n) is 11.9. The van der Waals surface area contributed by atoms with Gasteiger partial charge in [0.2, 0.25) is 5.91 Å². The summed E-state index contributed by atoms with van der Waals surface area (Å²) in [6.07, 6.45) is 0.826. The number of methoxy groups -OCH3 is 1. The van der Waals surface area contributed by atoms with Crippen molar-refractivity contribution in [1.82, 2.24) is 5.32 Å². The van der Waals surface area contributed by atoms with Gasteiger partial charge < -0.3 is 15.2 Å². The molecule has 0 aliphatic heterocycles. The first-order valence-corrected chi connectivity index (χ1v) is 6.60. The largest absolute Gasteiger partial charge is 0.481 e. The van der Waals surface area contributed by atoms with E-state index in [1.807, 2.05) is 31.2 Å². The lowest BCUT2D eigenvalue weighted by molar-refractivity contribution is -0.137. The monoisotopic (exact) mass is 279 g/mol. The molecule has 0 aromatic heterocycles. The molecular formula is C15H21NO4. The van der Waals surface area contributed by atoms with E-state index >= 15 is 0 Å². The molecule has 5 nitrogen and oxygen atoms in total. The summed E-state index contributed by atoms with van der Waals surface area (Å²) in [5, 5.41) is 11.8. The molecule has 20 heavy (non-hydrogen) atoms. The number of carboxylic acid groups (broad SMARTS) is 1. The Morgan fingerprint density at radius 1 is 1.35 bits per heavy atom. The standard InChI is InChI=1S/C15H21NO4/c1-11-6-3-4-7-12(11)13(10-15(18)19)16-14(17)8-5-9-20-2/h3-4,6-7,13H,5,8-10H2,1-2H3,(H,16,17)(H,18,19). The highest BCUT2D eigenvalue weighted by molar-refractivity contribution is 5.77. The number of benzene rings is 1. The minimum Gasteiger partial charge on any atom is -0.481 e. The van der Waals surface area contributed by atoms with E-state index < -0.39 is 12.0 Å². The maximum atomic E-state index is 11.8. The van der Waals surface area contributed by atoms with Gasteiger partial charge in [-0.2, -0.15) is 0 Å². The molecular weight excluding hydrogens is 258 g/mol. The van der Waals surface area contributed by atoms with Gasteiger partial charge in [0.05, 0.1) is 12.5 Å². The van der Waals surface area contributed by atoms with E-state index in [0.717, 1.165) is 11.1 Å². The highest BCUT2D eigenvalue weighted by Crippen LogP contribution is 2.20. The molecule has 0 aliphatic rings. The van der Waals surface area contributed by atoms with Crippen molar-refractivity contribution in [2.24, 2.45) is 0 Å². The van der Waals surface area contributed by atoms with Gasteiger partial charge in [-0.3, -0.25) is 9.59 Å². The Morgan fingerprint density at radius 2 is 2.05 bits per heavy atom. The van der Waals surface area contributed by atoms with Crippen molar-refractivity contribution in [3.05, 3.63) is 35.4 Å². The minimum atomic E-state index is -0.935. The quantitative estimate of drug-likeness (QED) is 0.714. The maximum absolute atomic E-state index is 11.8. The number of hydrogen-bond donors (Lipinski definition) is 2. The summed E-state index contributed by atoms with van der Waals surface area (Å²) < 4.78 is 4.89. The minimum absolute atomic E-state index is 0.124. The molecule has 1 amide bonds. The van der Waals surface area contributed by atoms with E-state index in [-0.39, 0.29) is 12.3 Å². The smallest absolute Gasteiger partial charge is 0.305 e. The van der Waals surface area contributed by atoms with Gasteiger partial charge in [0.15, 0.2) is 0 Å². The number of amides is 1. The number of hydrogen-bond acceptors (Lipinski definition) is 3. The van der Waals surface area contributed by atoms with Crippen molar-refractivity contribution in [3.8, 4) is 0 Å². The molecule has 1 aromatic rings. The summed E-state index contributed by atoms with van der Waals surface area (Å²) in [7, 11) is 1.58. The van der Waals surface area contributed by atoms with Crippen molar-refractivity contribution in [2.45, 2.75) is 32.2 Å². The van der Waals surface area contributed by atoms with Crippen LogP contribution in [0.3, 0.4) is 0 Å². The third kappa shape index (κ3) is 5.40. The van der Waals surface area contributed by atoms with Crippen molar-refractivity contribution >= 4 is 11.9 Å². The molecule has 1 rings (SSSR count). The fourth-order valence-electron chi connectivity index (χ4n) is 2.03. The number of nitrogens with one attached hydrogen (secondary N) is 1. The van der Waals surface area contributed by atoms with Gasteiger partial charge >= 0.3 is 5.97 Å². The average Bonchev–Trinajstić information content (AvgIpc) is 2.38. The molecule has 2 N–H and O–H groups in total. The first kappa shape index (κ1) is 16.2. The lowest BCUT2D eigenvalue weighted by Gasteiger charge is -2.19. The summed E-state index contributed by atoms with van der Waals surface area (Å²) in [5.41, 5.74) is 1.81. The summed E-state index contributed by atoms with van der Waals surface area (Å²) in [6.45, 7) is 2.42. The number of aryl methyl sites for hydroxylation is 1. The molecule has 0 bridgehead atoms. The molecule has 0 aliphatic carbocycles. The van der Waals surface area contributed by atoms with Crippen LogP contribution in [0.15, 0.2) is 24.3 Å². The summed E-state index contributed by atoms with van der Waals surface area (Å²) in [4.78, 5) is 22.8. The first-order chi connectivity index (χ1) is 9.54. The van der Waals surface area contributed by atoms with Crippen LogP contribution in [0.2, 0.25) is 0 Å². The number of carbonyl (C=O) groups is 2. The first-order valence-electron chi connectivity index (χ1n) is 6.60. The third-order valence-electron chi connectivity index (χ3n) is 3.03. The van der Waals surface area contributed by atoms with Gasteiger partial charge in [-0.15, -0.1) is 0 Å². The van der Waals surface area contributed by atoms with Crippen LogP contribution in [-0.2, 0) is 14.3 Å². The third-order valence-corrected chi connectivity index (χ3v) is 3.03. The Hall–Kier alpha value is -1.88. The molecule has 0 saturated carbocycles. The van der Waals surface area contributed by atoms with Crippen LogP contribution in [0.5, 0.6) is 0 Å². The van der Waals surface area contributed by atoms with Crippen molar-refractivity contribution < 1.29 is 19.4 Å². The van der Waals surface area contributed by atoms with E-state index in [1.54, 1.807) is 7.11 Å². The van der Waals surface area contributed by atoms with Crippen LogP contribution in [-0.4, -0.2) is 30.7 Å². The molecule has 5 heteroatoms. The van der Waals surface area contributed by atoms with Gasteiger partial charge in [0, 0.05) is 20.1 Å². The van der Waals surface area contributed by atoms with Crippen LogP contribution >= 0.6 is 0 Å². The fourth-order valence-corrected chi connectivity index (χ4v) is 2.03. The summed E-state index contributed by atoms with van der Waals surface area (Å²) in [5.74, 6) is -1.09. The highest BCUT2D eigenvalue weighted by Gasteiger charge is 2.19. The number of rotatable bonds is 8. The second-order valence-electron chi connectivity index (χ2n) is 4.67. The van der Waals surface area contributed by atoms with Gasteiger partial charge in [0.1, 0.15) is 0 Å². The van der Waals surface area contributed by atoms with Crippen LogP contribution in [0, 0.1) is 6.92 Å². The Morgan fingerprint density at radius 3 is 2.65 bits per heavy atom. The van der Waals surface area contributed by atoms with Gasteiger partial charge in [-0.25, -0.2) is 0 Å². The summed E-state index contributed by atoms with van der Waals surface area (Å²) >= 11 is 0. The van der Waals surface area contributed by atoms with Gasteiger partial charge in [-0.05, 0) is 24.5 Å². The zero-order chi connectivity index (χ0) is 15.0. The van der Waals surface area contributed by atoms with Gasteiger partial charge in [0.25, 0.3) is 0 Å². The van der Waals surface area contributed by atoms with E-state index in [2.05, 4.69) is 5.32 Å². The SMILES string of the molecule is COCCCC(=O)NC(CC(=O)O)c1ccccc1C. The Labute approximate surface area is 118 Å². The lowest BCUT2D eigenvalue weighted by Crippen LogP contribution is -2.30. The van der Waals surface area contributed by atoms with E-state index in [4.69, 9.17) is 9.84 Å². The molecule has 0 fully saturated rings. The second-order valence-corrected chi connectivity index (χ2v) is 4.67. The van der Waals surface area contributed by atoms with Crippen LogP contribution in [0.4, 0.5) is 0 Å². The number of ether oxygens (including phenoxy) is 1. The Bertz CT molecular complexity index is 459. The predicted molar refractivity (Wildman–Crippen MR) is 75.4 cm³/mol. The van der Waals surface area contributed by atoms with E-state index in [1.165, 1.54) is 0 Å². The zero-order valence-corrected chi connectivity index (χ0v) is 11.9. The van der Waals surface area contributed by atoms with Crippen molar-refractivity contribution in [3.63, 3.8) is 0 Å². The normalized spacial score (nSPS) is 11.9. The predicted octanol–water partition coefficient (Wildman–Crippen LogP) is 2.05. The molecule has 1 aromatic carbocycles. The fraction of sp³-hybridized carbons (Fsp3) is 0.467. The lowest BCUT2D eigenvalue weighted by atomic mass is 9.98. The topological polar surface area (TPSA) is 75.6 Å². The number of carboxylic acids is 1. The molecule has 110 valence electrons. The van der Waals surface area contributed by atoms with Crippen molar-refractivity contribution in [1.29, 1.82) is 0 Å². The van der Waals surface area contributed by atoms with Crippen LogP contribution in [0.25, 0.3) is 0 Å². The van der Waals surface area contributed by atoms with E-state index in [0.29, 0.717) is 19.4 Å². The number of aliphatic carboxylic acids is 1. The number of carbonyl (C=O) groups excluding carboxylic acids is 1. The molecule has 0 heterocycles. The summed E-state index contributed by atoms with van der Waals surface area (Å²) in [6, 6.07) is 6.98. The molecule has 0 radical (unpaired) electrons. The molecule has 1 atom stereocenters. The second kappa shape index (κ2) is 8.32. The Balaban J connectivity index is 2.72. The highest BCUT2D eigenvalue weighted by atomic mass is 16.5. The maximum Gasteiger partial charge on any atom is 0.305 e. The average molecular weight is 279 g/mol. The van der Waals surface area contributed by atoms with Crippen molar-refractivity contribution in [2.75, 3.05) is 13.7 Å². The molecule has 0 saturated heterocycles. The van der Waals surface area contributed by atoms with E-state index in [9.17, 15) is 9.59 Å². The molecule has 0 spiro atoms. The van der Waals surface area contributed by atoms with Crippen LogP contribution < -0.4 is 5.32 Å². The van der Waals surface area contributed by atoms with Crippen LogP contribution in [0.1, 0.15) is 36.4 Å². The Kier molecular flexibility index (Phi) is 6.73. The molecule has 1 unspecified atom stereocenters. The van der Waals surface area contributed by atoms with Gasteiger partial charge in [-0.1, -0.05) is 24.3 Å².